The Hall–Kier alpha value is -7.44. The van der Waals surface area contributed by atoms with Gasteiger partial charge in [0, 0.05) is 51.1 Å². The lowest BCUT2D eigenvalue weighted by Crippen LogP contribution is -2.56. The number of carbonyl (C=O) groups is 8. The summed E-state index contributed by atoms with van der Waals surface area (Å²) in [7, 11) is 0. The van der Waals surface area contributed by atoms with E-state index in [9.17, 15) is 48.6 Å². The summed E-state index contributed by atoms with van der Waals surface area (Å²) in [5, 5.41) is 25.1. The molecule has 4 heterocycles. The Balaban J connectivity index is 0.840. The zero-order chi connectivity index (χ0) is 53.9. The first kappa shape index (κ1) is 54.8. The molecule has 18 nitrogen and oxygen atoms in total. The van der Waals surface area contributed by atoms with E-state index in [1.807, 2.05) is 109 Å². The van der Waals surface area contributed by atoms with Crippen molar-refractivity contribution in [2.45, 2.75) is 138 Å². The lowest BCUT2D eigenvalue weighted by atomic mass is 9.97. The second kappa shape index (κ2) is 25.4. The minimum atomic E-state index is -1.06. The zero-order valence-electron chi connectivity index (χ0n) is 42.8. The Kier molecular flexibility index (Phi) is 18.3. The molecule has 0 radical (unpaired) electrons. The van der Waals surface area contributed by atoms with Crippen LogP contribution in [0.2, 0.25) is 0 Å². The molecular formula is C58H70N8O10. The predicted molar refractivity (Wildman–Crippen MR) is 283 cm³/mol. The molecule has 8 atom stereocenters. The molecule has 8 rings (SSSR count). The van der Waals surface area contributed by atoms with Gasteiger partial charge in [-0.1, -0.05) is 109 Å². The van der Waals surface area contributed by atoms with Crippen molar-refractivity contribution < 1.29 is 48.6 Å². The number of nitrogens with two attached hydrogens (primary N) is 2. The fraction of sp³-hybridized carbons (Fsp3) is 0.448. The van der Waals surface area contributed by atoms with Crippen LogP contribution in [0.3, 0.4) is 0 Å². The maximum absolute atomic E-state index is 14.2. The number of amides is 6. The molecule has 76 heavy (non-hydrogen) atoms. The van der Waals surface area contributed by atoms with Crippen LogP contribution in [0.15, 0.2) is 109 Å². The summed E-state index contributed by atoms with van der Waals surface area (Å²) in [5.41, 5.74) is 18.4. The summed E-state index contributed by atoms with van der Waals surface area (Å²) in [6.07, 6.45) is 4.83. The average molecular weight is 1040 g/mol. The molecule has 0 spiro atoms. The molecule has 6 amide bonds. The topological polar surface area (TPSA) is 266 Å². The molecule has 4 aliphatic heterocycles. The van der Waals surface area contributed by atoms with Gasteiger partial charge in [-0.05, 0) is 104 Å². The molecule has 4 fully saturated rings. The number of benzene rings is 4. The zero-order valence-corrected chi connectivity index (χ0v) is 42.8. The standard InChI is InChI=1S/C58H70N8O10/c59-43(35-51(67)62-46(34-38-14-5-2-6-15-38)55(72)65-28-10-20-49(65)57(74)66-29-11-21-50(66)58(75)76)31-39-22-24-41(25-23-39)42-17-7-16-40(30-42)33-45(60)54(71)64-27-9-19-48(64)56(73)63-26-8-18-47(63)53(70)61-44(36-52(68)69)32-37-12-3-1-4-13-37/h1-7,12-17,22-25,30,43-50H,8-11,18-21,26-29,31-36,59-60H2,(H,61,70)(H,62,67)(H,68,69)(H,75,76)/t43-,44-,45-,46-,47-,48-,49-,50-/m0/s1. The minimum absolute atomic E-state index is 0.0633. The first-order valence-corrected chi connectivity index (χ1v) is 26.7. The van der Waals surface area contributed by atoms with Crippen molar-refractivity contribution in [3.8, 4) is 11.1 Å². The number of nitrogens with zero attached hydrogens (tertiary/aromatic N) is 4. The molecule has 4 aromatic carbocycles. The molecule has 4 aliphatic rings. The van der Waals surface area contributed by atoms with Crippen LogP contribution in [-0.4, -0.2) is 152 Å². The third kappa shape index (κ3) is 13.7. The van der Waals surface area contributed by atoms with E-state index in [4.69, 9.17) is 11.5 Å². The average Bonchev–Trinajstić information content (AvgIpc) is 4.27. The quantitative estimate of drug-likeness (QED) is 0.0701. The number of rotatable bonds is 21. The number of carboxylic acids is 2. The summed E-state index contributed by atoms with van der Waals surface area (Å²) in [5.74, 6) is -4.32. The molecular weight excluding hydrogens is 969 g/mol. The van der Waals surface area contributed by atoms with Crippen molar-refractivity contribution >= 4 is 47.4 Å². The van der Waals surface area contributed by atoms with Gasteiger partial charge < -0.3 is 51.9 Å². The largest absolute Gasteiger partial charge is 0.481 e. The number of likely N-dealkylation sites (tertiary alicyclic amines) is 4. The number of carboxylic acid groups (broad SMARTS) is 2. The molecule has 0 aliphatic carbocycles. The van der Waals surface area contributed by atoms with Crippen molar-refractivity contribution in [3.63, 3.8) is 0 Å². The van der Waals surface area contributed by atoms with Crippen LogP contribution in [0.4, 0.5) is 0 Å². The van der Waals surface area contributed by atoms with E-state index in [0.717, 1.165) is 33.4 Å². The van der Waals surface area contributed by atoms with E-state index < -0.39 is 78.0 Å². The lowest BCUT2D eigenvalue weighted by molar-refractivity contribution is -0.152. The molecule has 4 aromatic rings. The van der Waals surface area contributed by atoms with E-state index in [1.165, 1.54) is 14.7 Å². The molecule has 0 unspecified atom stereocenters. The summed E-state index contributed by atoms with van der Waals surface area (Å²) >= 11 is 0. The van der Waals surface area contributed by atoms with E-state index in [1.54, 1.807) is 4.90 Å². The lowest BCUT2D eigenvalue weighted by Gasteiger charge is -2.32. The van der Waals surface area contributed by atoms with Gasteiger partial charge in [0.25, 0.3) is 0 Å². The molecule has 0 aromatic heterocycles. The molecule has 4 saturated heterocycles. The highest BCUT2D eigenvalue weighted by atomic mass is 16.4. The van der Waals surface area contributed by atoms with E-state index in [2.05, 4.69) is 10.6 Å². The first-order chi connectivity index (χ1) is 36.6. The summed E-state index contributed by atoms with van der Waals surface area (Å²) in [6.45, 7) is 1.36. The van der Waals surface area contributed by atoms with Crippen molar-refractivity contribution in [2.24, 2.45) is 11.5 Å². The smallest absolute Gasteiger partial charge is 0.326 e. The van der Waals surface area contributed by atoms with Crippen molar-refractivity contribution in [3.05, 3.63) is 131 Å². The number of hydrogen-bond acceptors (Lipinski definition) is 10. The Labute approximate surface area is 443 Å². The number of aliphatic carboxylic acids is 2. The molecule has 8 N–H and O–H groups in total. The van der Waals surface area contributed by atoms with Gasteiger partial charge in [-0.25, -0.2) is 4.79 Å². The van der Waals surface area contributed by atoms with Gasteiger partial charge in [-0.2, -0.15) is 0 Å². The Morgan fingerprint density at radius 3 is 1.61 bits per heavy atom. The van der Waals surface area contributed by atoms with E-state index >= 15 is 0 Å². The maximum Gasteiger partial charge on any atom is 0.326 e. The monoisotopic (exact) mass is 1040 g/mol. The highest BCUT2D eigenvalue weighted by molar-refractivity contribution is 5.95. The van der Waals surface area contributed by atoms with Gasteiger partial charge in [-0.3, -0.25) is 33.6 Å². The molecule has 402 valence electrons. The number of hydrogen-bond donors (Lipinski definition) is 6. The van der Waals surface area contributed by atoms with Gasteiger partial charge in [0.1, 0.15) is 30.2 Å². The summed E-state index contributed by atoms with van der Waals surface area (Å²) < 4.78 is 0. The van der Waals surface area contributed by atoms with Crippen molar-refractivity contribution in [1.29, 1.82) is 0 Å². The van der Waals surface area contributed by atoms with Gasteiger partial charge in [-0.15, -0.1) is 0 Å². The number of nitrogens with one attached hydrogen (secondary N) is 2. The van der Waals surface area contributed by atoms with E-state index in [-0.39, 0.29) is 43.4 Å². The SMILES string of the molecule is N[C@H](CC(=O)N[C@@H](Cc1ccccc1)C(=O)N1CCC[C@H]1C(=O)N1CCC[C@H]1C(=O)O)Cc1ccc(-c2cccc(C[C@H](N)C(=O)N3CCC[C@H]3C(=O)N3CCC[C@H]3C(=O)N[C@H](CC(=O)O)Cc3ccccc3)c2)cc1. The third-order valence-corrected chi connectivity index (χ3v) is 15.2. The van der Waals surface area contributed by atoms with Crippen LogP contribution >= 0.6 is 0 Å². The first-order valence-electron chi connectivity index (χ1n) is 26.7. The molecule has 0 bridgehead atoms. The summed E-state index contributed by atoms with van der Waals surface area (Å²) in [6, 6.07) is 27.7. The van der Waals surface area contributed by atoms with E-state index in [0.29, 0.717) is 90.4 Å². The normalized spacial score (nSPS) is 20.9. The van der Waals surface area contributed by atoms with Crippen LogP contribution in [0.5, 0.6) is 0 Å². The highest BCUT2D eigenvalue weighted by Gasteiger charge is 2.45. The van der Waals surface area contributed by atoms with Crippen molar-refractivity contribution in [1.82, 2.24) is 30.2 Å². The van der Waals surface area contributed by atoms with Crippen molar-refractivity contribution in [2.75, 3.05) is 26.2 Å². The van der Waals surface area contributed by atoms with Gasteiger partial charge >= 0.3 is 11.9 Å². The van der Waals surface area contributed by atoms with Crippen LogP contribution in [0.25, 0.3) is 11.1 Å². The maximum atomic E-state index is 14.2. The van der Waals surface area contributed by atoms with Gasteiger partial charge in [0.05, 0.1) is 12.5 Å². The Morgan fingerprint density at radius 1 is 0.500 bits per heavy atom. The second-order valence-corrected chi connectivity index (χ2v) is 20.8. The molecule has 0 saturated carbocycles. The minimum Gasteiger partial charge on any atom is -0.481 e. The van der Waals surface area contributed by atoms with Gasteiger partial charge in [0.2, 0.25) is 35.4 Å². The Morgan fingerprint density at radius 2 is 1.01 bits per heavy atom. The van der Waals surface area contributed by atoms with Gasteiger partial charge in [0.15, 0.2) is 0 Å². The van der Waals surface area contributed by atoms with Crippen LogP contribution in [0.1, 0.15) is 86.5 Å². The fourth-order valence-electron chi connectivity index (χ4n) is 11.5. The summed E-state index contributed by atoms with van der Waals surface area (Å²) in [4.78, 5) is 113. The Bertz CT molecular complexity index is 2730. The van der Waals surface area contributed by atoms with Crippen LogP contribution in [-0.2, 0) is 64.0 Å². The second-order valence-electron chi connectivity index (χ2n) is 20.8. The third-order valence-electron chi connectivity index (χ3n) is 15.2. The van der Waals surface area contributed by atoms with Crippen LogP contribution < -0.4 is 22.1 Å². The number of carbonyl (C=O) groups excluding carboxylic acids is 6. The highest BCUT2D eigenvalue weighted by Crippen LogP contribution is 2.29. The predicted octanol–water partition coefficient (Wildman–Crippen LogP) is 3.46. The molecule has 18 heteroatoms. The van der Waals surface area contributed by atoms with Crippen LogP contribution in [0, 0.1) is 0 Å². The fourth-order valence-corrected chi connectivity index (χ4v) is 11.5.